The summed E-state index contributed by atoms with van der Waals surface area (Å²) in [6.07, 6.45) is 2.89. The third kappa shape index (κ3) is 4.24. The predicted molar refractivity (Wildman–Crippen MR) is 79.6 cm³/mol. The monoisotopic (exact) mass is 298 g/mol. The van der Waals surface area contributed by atoms with E-state index in [1.165, 1.54) is 19.3 Å². The van der Waals surface area contributed by atoms with Crippen LogP contribution in [0.2, 0.25) is 0 Å². The molecule has 0 atom stereocenters. The van der Waals surface area contributed by atoms with Crippen LogP contribution in [0.5, 0.6) is 0 Å². The van der Waals surface area contributed by atoms with Gasteiger partial charge in [0.1, 0.15) is 0 Å². The summed E-state index contributed by atoms with van der Waals surface area (Å²) < 4.78 is 4.88. The Morgan fingerprint density at radius 2 is 1.91 bits per heavy atom. The zero-order valence-electron chi connectivity index (χ0n) is 11.9. The third-order valence-electron chi connectivity index (χ3n) is 2.78. The molecular weight excluding hydrogens is 284 g/mol. The first-order valence-electron chi connectivity index (χ1n) is 6.54. The summed E-state index contributed by atoms with van der Waals surface area (Å²) in [5.74, 6) is -1.21. The minimum atomic E-state index is -0.624. The molecule has 1 aromatic heterocycles. The number of hydrogen-bond donors (Lipinski definition) is 1. The molecule has 1 N–H and O–H groups in total. The van der Waals surface area contributed by atoms with Gasteiger partial charge >= 0.3 is 5.97 Å². The summed E-state index contributed by atoms with van der Waals surface area (Å²) in [5.41, 5.74) is 1.23. The lowest BCUT2D eigenvalue weighted by Gasteiger charge is -2.07. The summed E-state index contributed by atoms with van der Waals surface area (Å²) in [4.78, 5) is 38.5. The topological polar surface area (TPSA) is 85.4 Å². The molecule has 0 aliphatic carbocycles. The highest BCUT2D eigenvalue weighted by Crippen LogP contribution is 2.11. The number of esters is 1. The lowest BCUT2D eigenvalue weighted by molar-refractivity contribution is -0.119. The van der Waals surface area contributed by atoms with Gasteiger partial charge in [0.05, 0.1) is 5.56 Å². The minimum Gasteiger partial charge on any atom is -0.452 e. The molecule has 1 aromatic carbocycles. The molecule has 22 heavy (non-hydrogen) atoms. The number of amides is 1. The van der Waals surface area contributed by atoms with Crippen LogP contribution in [-0.2, 0) is 9.53 Å². The number of ether oxygens (including phenoxy) is 1. The number of carbonyl (C=O) groups excluding carboxylic acids is 3. The number of ketones is 1. The first kappa shape index (κ1) is 15.4. The Hall–Kier alpha value is -3.02. The second kappa shape index (κ2) is 7.12. The Kier molecular flexibility index (Phi) is 4.98. The number of nitrogens with one attached hydrogen (secondary N) is 1. The first-order valence-corrected chi connectivity index (χ1v) is 6.54. The quantitative estimate of drug-likeness (QED) is 0.674. The van der Waals surface area contributed by atoms with Crippen LogP contribution in [0.1, 0.15) is 27.6 Å². The first-order chi connectivity index (χ1) is 10.6. The van der Waals surface area contributed by atoms with Crippen molar-refractivity contribution in [1.82, 2.24) is 4.98 Å². The lowest BCUT2D eigenvalue weighted by Crippen LogP contribution is -2.21. The van der Waals surface area contributed by atoms with Crippen molar-refractivity contribution < 1.29 is 19.1 Å². The number of aromatic nitrogens is 1. The highest BCUT2D eigenvalue weighted by molar-refractivity contribution is 5.98. The molecule has 0 aliphatic rings. The predicted octanol–water partition coefficient (Wildman–Crippen LogP) is 2.08. The SMILES string of the molecule is CC(=O)c1cccc(NC(=O)COC(=O)c2cccnc2)c1. The van der Waals surface area contributed by atoms with E-state index < -0.39 is 18.5 Å². The number of anilines is 1. The lowest BCUT2D eigenvalue weighted by atomic mass is 10.1. The van der Waals surface area contributed by atoms with Crippen LogP contribution < -0.4 is 5.32 Å². The number of carbonyl (C=O) groups is 3. The van der Waals surface area contributed by atoms with Crippen molar-refractivity contribution in [2.45, 2.75) is 6.92 Å². The summed E-state index contributed by atoms with van der Waals surface area (Å²) >= 11 is 0. The summed E-state index contributed by atoms with van der Waals surface area (Å²) in [6, 6.07) is 9.67. The number of pyridine rings is 1. The molecule has 0 saturated carbocycles. The van der Waals surface area contributed by atoms with Gasteiger partial charge in [-0.1, -0.05) is 12.1 Å². The third-order valence-corrected chi connectivity index (χ3v) is 2.78. The fourth-order valence-corrected chi connectivity index (χ4v) is 1.71. The molecule has 0 bridgehead atoms. The number of benzene rings is 1. The fourth-order valence-electron chi connectivity index (χ4n) is 1.71. The van der Waals surface area contributed by atoms with Crippen molar-refractivity contribution in [3.8, 4) is 0 Å². The van der Waals surface area contributed by atoms with Gasteiger partial charge < -0.3 is 10.1 Å². The second-order valence-corrected chi connectivity index (χ2v) is 4.50. The van der Waals surface area contributed by atoms with Crippen LogP contribution in [0.4, 0.5) is 5.69 Å². The molecule has 2 aromatic rings. The molecule has 0 fully saturated rings. The van der Waals surface area contributed by atoms with Crippen LogP contribution in [0.25, 0.3) is 0 Å². The Bertz CT molecular complexity index is 698. The van der Waals surface area contributed by atoms with Gasteiger partial charge in [0, 0.05) is 23.6 Å². The van der Waals surface area contributed by atoms with Crippen molar-refractivity contribution in [3.05, 3.63) is 59.9 Å². The van der Waals surface area contributed by atoms with E-state index in [0.717, 1.165) is 0 Å². The molecule has 0 aliphatic heterocycles. The molecule has 0 unspecified atom stereocenters. The van der Waals surface area contributed by atoms with E-state index in [-0.39, 0.29) is 11.3 Å². The summed E-state index contributed by atoms with van der Waals surface area (Å²) in [7, 11) is 0. The van der Waals surface area contributed by atoms with E-state index in [4.69, 9.17) is 4.74 Å². The fraction of sp³-hybridized carbons (Fsp3) is 0.125. The van der Waals surface area contributed by atoms with E-state index in [9.17, 15) is 14.4 Å². The Balaban J connectivity index is 1.89. The number of nitrogens with zero attached hydrogens (tertiary/aromatic N) is 1. The largest absolute Gasteiger partial charge is 0.452 e. The Morgan fingerprint density at radius 1 is 1.14 bits per heavy atom. The van der Waals surface area contributed by atoms with Gasteiger partial charge in [-0.3, -0.25) is 14.6 Å². The van der Waals surface area contributed by atoms with E-state index in [1.54, 1.807) is 36.4 Å². The van der Waals surface area contributed by atoms with Crippen molar-refractivity contribution >= 4 is 23.3 Å². The van der Waals surface area contributed by atoms with Crippen molar-refractivity contribution in [1.29, 1.82) is 0 Å². The molecule has 2 rings (SSSR count). The molecule has 1 heterocycles. The molecule has 1 amide bonds. The van der Waals surface area contributed by atoms with Crippen LogP contribution in [0.15, 0.2) is 48.8 Å². The molecule has 0 saturated heterocycles. The van der Waals surface area contributed by atoms with E-state index >= 15 is 0 Å². The maximum atomic E-state index is 11.7. The molecule has 112 valence electrons. The van der Waals surface area contributed by atoms with E-state index in [0.29, 0.717) is 11.3 Å². The van der Waals surface area contributed by atoms with Gasteiger partial charge in [-0.15, -0.1) is 0 Å². The van der Waals surface area contributed by atoms with Crippen LogP contribution in [0.3, 0.4) is 0 Å². The second-order valence-electron chi connectivity index (χ2n) is 4.50. The normalized spacial score (nSPS) is 9.86. The Morgan fingerprint density at radius 3 is 2.59 bits per heavy atom. The summed E-state index contributed by atoms with van der Waals surface area (Å²) in [5, 5.41) is 2.56. The van der Waals surface area contributed by atoms with E-state index in [2.05, 4.69) is 10.3 Å². The molecule has 6 heteroatoms. The smallest absolute Gasteiger partial charge is 0.340 e. The maximum Gasteiger partial charge on any atom is 0.340 e. The highest BCUT2D eigenvalue weighted by Gasteiger charge is 2.10. The summed E-state index contributed by atoms with van der Waals surface area (Å²) in [6.45, 7) is 1.02. The van der Waals surface area contributed by atoms with Crippen LogP contribution in [0, 0.1) is 0 Å². The van der Waals surface area contributed by atoms with Gasteiger partial charge in [0.2, 0.25) is 0 Å². The number of Topliss-reactive ketones (excluding diaryl/α,β-unsaturated/α-hetero) is 1. The maximum absolute atomic E-state index is 11.7. The van der Waals surface area contributed by atoms with Gasteiger partial charge in [0.15, 0.2) is 12.4 Å². The average Bonchev–Trinajstić information content (AvgIpc) is 2.53. The highest BCUT2D eigenvalue weighted by atomic mass is 16.5. The zero-order chi connectivity index (χ0) is 15.9. The molecule has 0 spiro atoms. The van der Waals surface area contributed by atoms with Crippen molar-refractivity contribution in [2.75, 3.05) is 11.9 Å². The molecule has 0 radical (unpaired) electrons. The van der Waals surface area contributed by atoms with Crippen LogP contribution >= 0.6 is 0 Å². The molecular formula is C16H14N2O4. The van der Waals surface area contributed by atoms with Gasteiger partial charge in [-0.25, -0.2) is 4.79 Å². The zero-order valence-corrected chi connectivity index (χ0v) is 11.9. The van der Waals surface area contributed by atoms with Crippen molar-refractivity contribution in [2.24, 2.45) is 0 Å². The standard InChI is InChI=1S/C16H14N2O4/c1-11(19)12-4-2-6-14(8-12)18-15(20)10-22-16(21)13-5-3-7-17-9-13/h2-9H,10H2,1H3,(H,18,20). The van der Waals surface area contributed by atoms with E-state index in [1.807, 2.05) is 0 Å². The minimum absolute atomic E-state index is 0.0981. The van der Waals surface area contributed by atoms with Gasteiger partial charge in [0.25, 0.3) is 5.91 Å². The van der Waals surface area contributed by atoms with Crippen LogP contribution in [-0.4, -0.2) is 29.3 Å². The van der Waals surface area contributed by atoms with Gasteiger partial charge in [-0.2, -0.15) is 0 Å². The average molecular weight is 298 g/mol. The van der Waals surface area contributed by atoms with Crippen molar-refractivity contribution in [3.63, 3.8) is 0 Å². The number of rotatable bonds is 5. The molecule has 6 nitrogen and oxygen atoms in total. The number of hydrogen-bond acceptors (Lipinski definition) is 5. The van der Waals surface area contributed by atoms with Gasteiger partial charge in [-0.05, 0) is 31.2 Å². The Labute approximate surface area is 127 Å².